The lowest BCUT2D eigenvalue weighted by Gasteiger charge is -2.22. The van der Waals surface area contributed by atoms with Crippen LogP contribution in [0.3, 0.4) is 0 Å². The molecule has 1 saturated heterocycles. The summed E-state index contributed by atoms with van der Waals surface area (Å²) in [6.07, 6.45) is 8.86. The van der Waals surface area contributed by atoms with Gasteiger partial charge in [-0.1, -0.05) is 6.07 Å². The van der Waals surface area contributed by atoms with Crippen molar-refractivity contribution in [2.24, 2.45) is 0 Å². The van der Waals surface area contributed by atoms with Crippen LogP contribution in [0.5, 0.6) is 0 Å². The number of aromatic nitrogens is 2. The zero-order valence-electron chi connectivity index (χ0n) is 13.1. The molecule has 0 bridgehead atoms. The van der Waals surface area contributed by atoms with Gasteiger partial charge in [-0.15, -0.1) is 0 Å². The molecule has 2 aromatic rings. The maximum Gasteiger partial charge on any atom is 0.137 e. The minimum atomic E-state index is 0.312. The summed E-state index contributed by atoms with van der Waals surface area (Å²) in [5.41, 5.74) is 2.09. The van der Waals surface area contributed by atoms with Crippen LogP contribution in [0.15, 0.2) is 30.6 Å². The molecule has 120 valence electrons. The molecule has 1 unspecified atom stereocenters. The summed E-state index contributed by atoms with van der Waals surface area (Å²) in [6.45, 7) is 4.42. The second-order valence-corrected chi connectivity index (χ2v) is 6.10. The van der Waals surface area contributed by atoms with Crippen LogP contribution in [-0.4, -0.2) is 51.7 Å². The predicted molar refractivity (Wildman–Crippen MR) is 87.8 cm³/mol. The van der Waals surface area contributed by atoms with Crippen LogP contribution in [0.1, 0.15) is 31.4 Å². The van der Waals surface area contributed by atoms with Gasteiger partial charge >= 0.3 is 0 Å². The van der Waals surface area contributed by atoms with E-state index in [2.05, 4.69) is 25.8 Å². The second-order valence-electron chi connectivity index (χ2n) is 6.10. The van der Waals surface area contributed by atoms with Crippen LogP contribution in [-0.2, 0) is 6.54 Å². The van der Waals surface area contributed by atoms with Gasteiger partial charge in [-0.3, -0.25) is 4.90 Å². The number of aliphatic hydroxyl groups excluding tert-OH is 1. The molecule has 3 rings (SSSR count). The smallest absolute Gasteiger partial charge is 0.137 e. The molecule has 1 fully saturated rings. The third-order valence-corrected chi connectivity index (χ3v) is 4.48. The molecular weight excluding hydrogens is 276 g/mol. The Morgan fingerprint density at radius 1 is 1.32 bits per heavy atom. The maximum atomic E-state index is 9.30. The normalized spacial score (nSPS) is 19.2. The minimum Gasteiger partial charge on any atom is -0.395 e. The minimum absolute atomic E-state index is 0.312. The van der Waals surface area contributed by atoms with Crippen molar-refractivity contribution >= 4 is 5.65 Å². The van der Waals surface area contributed by atoms with Crippen molar-refractivity contribution in [3.63, 3.8) is 0 Å². The van der Waals surface area contributed by atoms with E-state index in [9.17, 15) is 5.11 Å². The number of unbranched alkanes of at least 4 members (excludes halogenated alkanes) is 1. The predicted octanol–water partition coefficient (Wildman–Crippen LogP) is 1.66. The summed E-state index contributed by atoms with van der Waals surface area (Å²) in [5, 5.41) is 12.8. The number of likely N-dealkylation sites (tertiary alicyclic amines) is 1. The number of nitrogens with zero attached hydrogens (tertiary/aromatic N) is 3. The standard InChI is InChI=1S/C17H26N4O/c22-14-16-6-5-11-20(16)9-4-2-8-18-12-15-13-21-10-3-1-7-17(21)19-15/h1,3,7,10,13,16,18,22H,2,4-6,8-9,11-12,14H2. The molecule has 0 aliphatic carbocycles. The number of aliphatic hydroxyl groups is 1. The molecule has 0 aromatic carbocycles. The van der Waals surface area contributed by atoms with E-state index in [0.29, 0.717) is 12.6 Å². The van der Waals surface area contributed by atoms with E-state index in [1.54, 1.807) is 0 Å². The average Bonchev–Trinajstić information content (AvgIpc) is 3.16. The Hall–Kier alpha value is -1.43. The van der Waals surface area contributed by atoms with E-state index >= 15 is 0 Å². The van der Waals surface area contributed by atoms with Crippen molar-refractivity contribution in [1.29, 1.82) is 0 Å². The van der Waals surface area contributed by atoms with Gasteiger partial charge in [0.25, 0.3) is 0 Å². The van der Waals surface area contributed by atoms with Gasteiger partial charge in [0.1, 0.15) is 5.65 Å². The lowest BCUT2D eigenvalue weighted by atomic mass is 10.2. The molecule has 5 heteroatoms. The Bertz CT molecular complexity index is 550. The monoisotopic (exact) mass is 302 g/mol. The zero-order valence-corrected chi connectivity index (χ0v) is 13.1. The summed E-state index contributed by atoms with van der Waals surface area (Å²) >= 11 is 0. The largest absolute Gasteiger partial charge is 0.395 e. The van der Waals surface area contributed by atoms with Crippen LogP contribution in [0.2, 0.25) is 0 Å². The van der Waals surface area contributed by atoms with E-state index in [1.807, 2.05) is 24.4 Å². The van der Waals surface area contributed by atoms with Crippen LogP contribution in [0.25, 0.3) is 5.65 Å². The Labute approximate surface area is 132 Å². The zero-order chi connectivity index (χ0) is 15.2. The Balaban J connectivity index is 1.32. The molecule has 2 aromatic heterocycles. The van der Waals surface area contributed by atoms with E-state index in [1.165, 1.54) is 19.3 Å². The fraction of sp³-hybridized carbons (Fsp3) is 0.588. The highest BCUT2D eigenvalue weighted by Crippen LogP contribution is 2.16. The van der Waals surface area contributed by atoms with Crippen molar-refractivity contribution in [2.75, 3.05) is 26.2 Å². The Kier molecular flexibility index (Phi) is 5.43. The van der Waals surface area contributed by atoms with Crippen molar-refractivity contribution < 1.29 is 5.11 Å². The first-order valence-corrected chi connectivity index (χ1v) is 8.35. The van der Waals surface area contributed by atoms with Gasteiger partial charge in [0.2, 0.25) is 0 Å². The fourth-order valence-electron chi connectivity index (χ4n) is 3.25. The summed E-state index contributed by atoms with van der Waals surface area (Å²) in [7, 11) is 0. The Morgan fingerprint density at radius 3 is 3.14 bits per heavy atom. The van der Waals surface area contributed by atoms with Gasteiger partial charge < -0.3 is 14.8 Å². The van der Waals surface area contributed by atoms with Gasteiger partial charge in [-0.2, -0.15) is 0 Å². The molecule has 5 nitrogen and oxygen atoms in total. The molecule has 22 heavy (non-hydrogen) atoms. The fourth-order valence-corrected chi connectivity index (χ4v) is 3.25. The Morgan fingerprint density at radius 2 is 2.27 bits per heavy atom. The van der Waals surface area contributed by atoms with Crippen LogP contribution >= 0.6 is 0 Å². The number of pyridine rings is 1. The number of rotatable bonds is 8. The van der Waals surface area contributed by atoms with Gasteiger partial charge in [0, 0.05) is 25.0 Å². The molecule has 0 spiro atoms. The number of nitrogens with one attached hydrogen (secondary N) is 1. The number of hydrogen-bond donors (Lipinski definition) is 2. The van der Waals surface area contributed by atoms with E-state index in [0.717, 1.165) is 43.9 Å². The van der Waals surface area contributed by atoms with E-state index in [4.69, 9.17) is 0 Å². The molecule has 1 aliphatic rings. The molecule has 2 N–H and O–H groups in total. The molecule has 1 atom stereocenters. The molecule has 0 radical (unpaired) electrons. The number of imidazole rings is 1. The van der Waals surface area contributed by atoms with E-state index < -0.39 is 0 Å². The first-order chi connectivity index (χ1) is 10.9. The van der Waals surface area contributed by atoms with Gasteiger partial charge in [-0.05, 0) is 57.5 Å². The van der Waals surface area contributed by atoms with Gasteiger partial charge in [-0.25, -0.2) is 4.98 Å². The van der Waals surface area contributed by atoms with Gasteiger partial charge in [0.15, 0.2) is 0 Å². The highest BCUT2D eigenvalue weighted by atomic mass is 16.3. The number of hydrogen-bond acceptors (Lipinski definition) is 4. The molecular formula is C17H26N4O. The van der Waals surface area contributed by atoms with E-state index in [-0.39, 0.29) is 0 Å². The lowest BCUT2D eigenvalue weighted by molar-refractivity contribution is 0.157. The third kappa shape index (κ3) is 3.85. The van der Waals surface area contributed by atoms with Gasteiger partial charge in [0.05, 0.1) is 12.3 Å². The van der Waals surface area contributed by atoms with Crippen LogP contribution in [0, 0.1) is 0 Å². The molecule has 0 saturated carbocycles. The quantitative estimate of drug-likeness (QED) is 0.728. The maximum absolute atomic E-state index is 9.30. The SMILES string of the molecule is OCC1CCCN1CCCCNCc1cn2ccccc2n1. The van der Waals surface area contributed by atoms with Crippen molar-refractivity contribution in [3.05, 3.63) is 36.3 Å². The topological polar surface area (TPSA) is 52.8 Å². The molecule has 1 aliphatic heterocycles. The van der Waals surface area contributed by atoms with Crippen molar-refractivity contribution in [3.8, 4) is 0 Å². The third-order valence-electron chi connectivity index (χ3n) is 4.48. The van der Waals surface area contributed by atoms with Crippen molar-refractivity contribution in [1.82, 2.24) is 19.6 Å². The lowest BCUT2D eigenvalue weighted by Crippen LogP contribution is -2.33. The van der Waals surface area contributed by atoms with Crippen LogP contribution < -0.4 is 5.32 Å². The molecule has 0 amide bonds. The first kappa shape index (κ1) is 15.5. The summed E-state index contributed by atoms with van der Waals surface area (Å²) in [4.78, 5) is 7.01. The summed E-state index contributed by atoms with van der Waals surface area (Å²) < 4.78 is 2.05. The van der Waals surface area contributed by atoms with Crippen LogP contribution in [0.4, 0.5) is 0 Å². The highest BCUT2D eigenvalue weighted by Gasteiger charge is 2.22. The number of fused-ring (bicyclic) bond motifs is 1. The molecule has 3 heterocycles. The summed E-state index contributed by atoms with van der Waals surface area (Å²) in [5.74, 6) is 0. The second kappa shape index (κ2) is 7.72. The average molecular weight is 302 g/mol. The van der Waals surface area contributed by atoms with Crippen molar-refractivity contribution in [2.45, 2.75) is 38.3 Å². The first-order valence-electron chi connectivity index (χ1n) is 8.35. The highest BCUT2D eigenvalue weighted by molar-refractivity contribution is 5.39. The summed E-state index contributed by atoms with van der Waals surface area (Å²) in [6, 6.07) is 6.46.